The molecule has 18 heavy (non-hydrogen) atoms. The first kappa shape index (κ1) is 15.0. The van der Waals surface area contributed by atoms with Gasteiger partial charge in [0.1, 0.15) is 0 Å². The summed E-state index contributed by atoms with van der Waals surface area (Å²) in [4.78, 5) is 26.5. The first-order chi connectivity index (χ1) is 8.41. The van der Waals surface area contributed by atoms with E-state index in [-0.39, 0.29) is 18.4 Å². The molecular formula is C13H24N2O3. The fourth-order valence-electron chi connectivity index (χ4n) is 2.15. The molecule has 1 atom stereocenters. The van der Waals surface area contributed by atoms with Crippen LogP contribution in [0.1, 0.15) is 33.1 Å². The standard InChI is InChI=1S/C13H24N2O3/c1-10-4-8-15(9-5-10)13(18)11(2)14(3)7-6-12(16)17/h10-11H,4-9H2,1-3H3,(H,16,17). The Morgan fingerprint density at radius 1 is 1.39 bits per heavy atom. The summed E-state index contributed by atoms with van der Waals surface area (Å²) in [7, 11) is 1.80. The Balaban J connectivity index is 2.42. The van der Waals surface area contributed by atoms with E-state index in [1.165, 1.54) is 0 Å². The van der Waals surface area contributed by atoms with Crippen molar-refractivity contribution in [1.82, 2.24) is 9.80 Å². The lowest BCUT2D eigenvalue weighted by atomic mass is 9.99. The predicted octanol–water partition coefficient (Wildman–Crippen LogP) is 1.04. The number of carbonyl (C=O) groups excluding carboxylic acids is 1. The molecule has 0 saturated carbocycles. The maximum atomic E-state index is 12.2. The molecule has 1 fully saturated rings. The molecule has 0 aromatic rings. The van der Waals surface area contributed by atoms with E-state index in [0.717, 1.165) is 25.9 Å². The lowest BCUT2D eigenvalue weighted by molar-refractivity contribution is -0.140. The number of rotatable bonds is 5. The van der Waals surface area contributed by atoms with Crippen LogP contribution in [0.5, 0.6) is 0 Å². The van der Waals surface area contributed by atoms with E-state index in [1.54, 1.807) is 7.05 Å². The average Bonchev–Trinajstić information content (AvgIpc) is 2.35. The third-order valence-electron chi connectivity index (χ3n) is 3.79. The number of nitrogens with zero attached hydrogens (tertiary/aromatic N) is 2. The highest BCUT2D eigenvalue weighted by Gasteiger charge is 2.26. The first-order valence-electron chi connectivity index (χ1n) is 6.62. The van der Waals surface area contributed by atoms with Gasteiger partial charge in [0.15, 0.2) is 0 Å². The van der Waals surface area contributed by atoms with Gasteiger partial charge in [-0.25, -0.2) is 0 Å². The quantitative estimate of drug-likeness (QED) is 0.798. The van der Waals surface area contributed by atoms with Gasteiger partial charge in [0.05, 0.1) is 12.5 Å². The summed E-state index contributed by atoms with van der Waals surface area (Å²) in [5.41, 5.74) is 0. The Labute approximate surface area is 109 Å². The largest absolute Gasteiger partial charge is 0.481 e. The predicted molar refractivity (Wildman–Crippen MR) is 69.3 cm³/mol. The summed E-state index contributed by atoms with van der Waals surface area (Å²) in [5.74, 6) is -0.00261. The highest BCUT2D eigenvalue weighted by atomic mass is 16.4. The lowest BCUT2D eigenvalue weighted by Crippen LogP contribution is -2.48. The third-order valence-corrected chi connectivity index (χ3v) is 3.79. The van der Waals surface area contributed by atoms with Gasteiger partial charge in [-0.1, -0.05) is 6.92 Å². The zero-order valence-electron chi connectivity index (χ0n) is 11.6. The second-order valence-corrected chi connectivity index (χ2v) is 5.31. The van der Waals surface area contributed by atoms with Crippen molar-refractivity contribution in [2.24, 2.45) is 5.92 Å². The highest BCUT2D eigenvalue weighted by Crippen LogP contribution is 2.17. The van der Waals surface area contributed by atoms with Crippen molar-refractivity contribution in [3.63, 3.8) is 0 Å². The fraction of sp³-hybridized carbons (Fsp3) is 0.846. The molecule has 1 N–H and O–H groups in total. The number of amides is 1. The molecular weight excluding hydrogens is 232 g/mol. The number of hydrogen-bond donors (Lipinski definition) is 1. The van der Waals surface area contributed by atoms with Crippen molar-refractivity contribution >= 4 is 11.9 Å². The number of carboxylic acid groups (broad SMARTS) is 1. The maximum absolute atomic E-state index is 12.2. The third kappa shape index (κ3) is 4.29. The van der Waals surface area contributed by atoms with E-state index < -0.39 is 5.97 Å². The van der Waals surface area contributed by atoms with E-state index in [9.17, 15) is 9.59 Å². The van der Waals surface area contributed by atoms with Crippen molar-refractivity contribution < 1.29 is 14.7 Å². The van der Waals surface area contributed by atoms with E-state index in [1.807, 2.05) is 16.7 Å². The maximum Gasteiger partial charge on any atom is 0.304 e. The Kier molecular flexibility index (Phi) is 5.59. The van der Waals surface area contributed by atoms with Crippen LogP contribution in [-0.4, -0.2) is 59.5 Å². The molecule has 1 heterocycles. The Hall–Kier alpha value is -1.10. The van der Waals surface area contributed by atoms with Crippen molar-refractivity contribution in [3.8, 4) is 0 Å². The topological polar surface area (TPSA) is 60.9 Å². The summed E-state index contributed by atoms with van der Waals surface area (Å²) in [6.45, 7) is 6.13. The molecule has 0 aliphatic carbocycles. The van der Waals surface area contributed by atoms with Gasteiger partial charge in [0, 0.05) is 19.6 Å². The van der Waals surface area contributed by atoms with Crippen LogP contribution in [-0.2, 0) is 9.59 Å². The minimum absolute atomic E-state index is 0.0746. The van der Waals surface area contributed by atoms with Crippen LogP contribution in [0.15, 0.2) is 0 Å². The lowest BCUT2D eigenvalue weighted by Gasteiger charge is -2.34. The Morgan fingerprint density at radius 3 is 2.44 bits per heavy atom. The summed E-state index contributed by atoms with van der Waals surface area (Å²) in [5, 5.41) is 8.64. The monoisotopic (exact) mass is 256 g/mol. The van der Waals surface area contributed by atoms with Crippen LogP contribution in [0, 0.1) is 5.92 Å². The van der Waals surface area contributed by atoms with Gasteiger partial charge in [0.25, 0.3) is 0 Å². The molecule has 5 heteroatoms. The molecule has 0 aromatic heterocycles. The number of likely N-dealkylation sites (N-methyl/N-ethyl adjacent to an activating group) is 1. The molecule has 0 bridgehead atoms. The number of hydrogen-bond acceptors (Lipinski definition) is 3. The highest BCUT2D eigenvalue weighted by molar-refractivity contribution is 5.81. The molecule has 1 rings (SSSR count). The van der Waals surface area contributed by atoms with Crippen molar-refractivity contribution in [3.05, 3.63) is 0 Å². The van der Waals surface area contributed by atoms with Gasteiger partial charge in [0.2, 0.25) is 5.91 Å². The van der Waals surface area contributed by atoms with Crippen LogP contribution in [0.3, 0.4) is 0 Å². The number of piperidine rings is 1. The molecule has 0 spiro atoms. The number of carbonyl (C=O) groups is 2. The smallest absolute Gasteiger partial charge is 0.304 e. The number of carboxylic acids is 1. The van der Waals surface area contributed by atoms with E-state index in [2.05, 4.69) is 6.92 Å². The summed E-state index contributed by atoms with van der Waals surface area (Å²) < 4.78 is 0. The fourth-order valence-corrected chi connectivity index (χ4v) is 2.15. The molecule has 1 aliphatic heterocycles. The zero-order valence-corrected chi connectivity index (χ0v) is 11.6. The Morgan fingerprint density at radius 2 is 1.94 bits per heavy atom. The number of likely N-dealkylation sites (tertiary alicyclic amines) is 1. The molecule has 1 amide bonds. The second-order valence-electron chi connectivity index (χ2n) is 5.31. The van der Waals surface area contributed by atoms with Gasteiger partial charge < -0.3 is 10.0 Å². The van der Waals surface area contributed by atoms with Crippen LogP contribution < -0.4 is 0 Å². The second kappa shape index (κ2) is 6.73. The summed E-state index contributed by atoms with van der Waals surface area (Å²) >= 11 is 0. The molecule has 1 unspecified atom stereocenters. The molecule has 1 aliphatic rings. The van der Waals surface area contributed by atoms with Crippen LogP contribution in [0.25, 0.3) is 0 Å². The summed E-state index contributed by atoms with van der Waals surface area (Å²) in [6.07, 6.45) is 2.21. The van der Waals surface area contributed by atoms with Gasteiger partial charge >= 0.3 is 5.97 Å². The molecule has 0 radical (unpaired) electrons. The van der Waals surface area contributed by atoms with Crippen LogP contribution >= 0.6 is 0 Å². The van der Waals surface area contributed by atoms with Crippen molar-refractivity contribution in [1.29, 1.82) is 0 Å². The molecule has 1 saturated heterocycles. The first-order valence-corrected chi connectivity index (χ1v) is 6.62. The van der Waals surface area contributed by atoms with Gasteiger partial charge in [-0.2, -0.15) is 0 Å². The average molecular weight is 256 g/mol. The van der Waals surface area contributed by atoms with Gasteiger partial charge in [-0.15, -0.1) is 0 Å². The zero-order chi connectivity index (χ0) is 13.7. The van der Waals surface area contributed by atoms with E-state index in [4.69, 9.17) is 5.11 Å². The van der Waals surface area contributed by atoms with Crippen LogP contribution in [0.2, 0.25) is 0 Å². The van der Waals surface area contributed by atoms with Gasteiger partial charge in [-0.3, -0.25) is 14.5 Å². The minimum atomic E-state index is -0.826. The number of aliphatic carboxylic acids is 1. The van der Waals surface area contributed by atoms with E-state index in [0.29, 0.717) is 12.5 Å². The van der Waals surface area contributed by atoms with E-state index >= 15 is 0 Å². The molecule has 104 valence electrons. The van der Waals surface area contributed by atoms with Crippen LogP contribution in [0.4, 0.5) is 0 Å². The minimum Gasteiger partial charge on any atom is -0.481 e. The molecule has 5 nitrogen and oxygen atoms in total. The molecule has 0 aromatic carbocycles. The van der Waals surface area contributed by atoms with Crippen molar-refractivity contribution in [2.45, 2.75) is 39.2 Å². The van der Waals surface area contributed by atoms with Gasteiger partial charge in [-0.05, 0) is 32.7 Å². The Bertz CT molecular complexity index is 299. The normalized spacial score (nSPS) is 19.0. The summed E-state index contributed by atoms with van der Waals surface area (Å²) in [6, 6.07) is -0.238. The van der Waals surface area contributed by atoms with Crippen molar-refractivity contribution in [2.75, 3.05) is 26.7 Å². The SMILES string of the molecule is CC1CCN(C(=O)C(C)N(C)CCC(=O)O)CC1.